The average molecular weight is 714 g/mol. The zero-order chi connectivity index (χ0) is 37.4. The first-order valence-corrected chi connectivity index (χ1v) is 23.8. The lowest BCUT2D eigenvalue weighted by Crippen LogP contribution is -2.23. The molecule has 0 aromatic carbocycles. The summed E-state index contributed by atoms with van der Waals surface area (Å²) in [6, 6.07) is 0. The molecule has 9 unspecified atom stereocenters. The number of nitroso groups, excluding NO2 is 1. The van der Waals surface area contributed by atoms with Gasteiger partial charge in [0, 0.05) is 0 Å². The van der Waals surface area contributed by atoms with Gasteiger partial charge in [0.25, 0.3) is 0 Å². The van der Waals surface area contributed by atoms with Crippen LogP contribution in [0.2, 0.25) is 0 Å². The van der Waals surface area contributed by atoms with Crippen molar-refractivity contribution in [1.82, 2.24) is 0 Å². The fourth-order valence-corrected chi connectivity index (χ4v) is 10.3. The van der Waals surface area contributed by atoms with Crippen LogP contribution in [0.15, 0.2) is 5.18 Å². The molecule has 51 heavy (non-hydrogen) atoms. The van der Waals surface area contributed by atoms with Crippen LogP contribution in [-0.4, -0.2) is 6.54 Å². The molecule has 2 aliphatic carbocycles. The Bertz CT molecular complexity index is 819. The first-order chi connectivity index (χ1) is 24.5. The maximum atomic E-state index is 11.7. The van der Waals surface area contributed by atoms with Gasteiger partial charge in [-0.25, -0.2) is 0 Å². The third kappa shape index (κ3) is 22.5. The molecule has 11 atom stereocenters. The van der Waals surface area contributed by atoms with Crippen molar-refractivity contribution in [3.63, 3.8) is 0 Å². The lowest BCUT2D eigenvalue weighted by Gasteiger charge is -2.32. The Balaban J connectivity index is 2.01. The highest BCUT2D eigenvalue weighted by Gasteiger charge is 2.29. The summed E-state index contributed by atoms with van der Waals surface area (Å²) < 4.78 is 0. The van der Waals surface area contributed by atoms with Crippen molar-refractivity contribution < 1.29 is 0 Å². The van der Waals surface area contributed by atoms with Crippen LogP contribution < -0.4 is 0 Å². The molecule has 2 aliphatic rings. The van der Waals surface area contributed by atoms with Crippen LogP contribution in [0.1, 0.15) is 236 Å². The minimum absolute atomic E-state index is 0.501. The molecular formula is C49H95NO. The molecule has 2 saturated carbocycles. The molecule has 0 amide bonds. The normalized spacial score (nSPS) is 37.5. The van der Waals surface area contributed by atoms with E-state index in [0.29, 0.717) is 12.5 Å². The second-order valence-electron chi connectivity index (χ2n) is 20.5. The van der Waals surface area contributed by atoms with Crippen molar-refractivity contribution >= 4 is 0 Å². The van der Waals surface area contributed by atoms with E-state index in [1.165, 1.54) is 173 Å². The van der Waals surface area contributed by atoms with Crippen LogP contribution in [0.4, 0.5) is 0 Å². The van der Waals surface area contributed by atoms with Crippen LogP contribution in [0.3, 0.4) is 0 Å². The standard InChI is InChI=1S/C49H95NO/c1-10-48-34-33-45(9)32-31-44(8)30-29-43(7)28-27-42(6)26-25-41(5)24-23-40(4)22-21-39(3)20-19-38(2)15-11-12-18-47(37-50-51)36-49(48)35-46-16-13-14-17-46/h38-49H,10-37H2,1-9H3/t38?,39?,40?,41?,42?,43?,44?,45?,47-,48?,49+/m0/s1. The third-order valence-corrected chi connectivity index (χ3v) is 14.9. The molecule has 0 saturated heterocycles. The molecule has 0 aliphatic heterocycles. The zero-order valence-electron chi connectivity index (χ0n) is 36.6. The molecule has 2 rings (SSSR count). The number of rotatable bonds is 5. The summed E-state index contributed by atoms with van der Waals surface area (Å²) in [6.45, 7) is 23.2. The number of hydrogen-bond donors (Lipinski definition) is 0. The fraction of sp³-hybridized carbons (Fsp3) is 1.00. The molecule has 2 fully saturated rings. The molecular weight excluding hydrogens is 619 g/mol. The van der Waals surface area contributed by atoms with Gasteiger partial charge in [0.15, 0.2) is 0 Å². The van der Waals surface area contributed by atoms with E-state index < -0.39 is 0 Å². The Morgan fingerprint density at radius 2 is 0.667 bits per heavy atom. The molecule has 0 aromatic heterocycles. The summed E-state index contributed by atoms with van der Waals surface area (Å²) in [6.07, 6.45) is 37.6. The number of nitrogens with zero attached hydrogens (tertiary/aromatic N) is 1. The Hall–Kier alpha value is -0.400. The van der Waals surface area contributed by atoms with Crippen LogP contribution in [-0.2, 0) is 0 Å². The highest BCUT2D eigenvalue weighted by Crippen LogP contribution is 2.40. The first kappa shape index (κ1) is 46.8. The van der Waals surface area contributed by atoms with Gasteiger partial charge in [0.2, 0.25) is 0 Å². The Morgan fingerprint density at radius 3 is 1.00 bits per heavy atom. The topological polar surface area (TPSA) is 29.4 Å². The molecule has 0 aromatic rings. The van der Waals surface area contributed by atoms with Crippen LogP contribution in [0, 0.1) is 75.9 Å². The summed E-state index contributed by atoms with van der Waals surface area (Å²) in [7, 11) is 0. The first-order valence-electron chi connectivity index (χ1n) is 23.8. The van der Waals surface area contributed by atoms with Crippen LogP contribution in [0.5, 0.6) is 0 Å². The largest absolute Gasteiger partial charge is 0.151 e. The van der Waals surface area contributed by atoms with Crippen LogP contribution >= 0.6 is 0 Å². The molecule has 0 heterocycles. The molecule has 2 nitrogen and oxygen atoms in total. The molecule has 0 spiro atoms. The van der Waals surface area contributed by atoms with Crippen molar-refractivity contribution in [3.8, 4) is 0 Å². The maximum absolute atomic E-state index is 11.7. The van der Waals surface area contributed by atoms with Gasteiger partial charge in [-0.05, 0) is 96.7 Å². The van der Waals surface area contributed by atoms with Crippen molar-refractivity contribution in [1.29, 1.82) is 0 Å². The van der Waals surface area contributed by atoms with E-state index in [1.54, 1.807) is 0 Å². The summed E-state index contributed by atoms with van der Waals surface area (Å²) in [5.41, 5.74) is 0. The van der Waals surface area contributed by atoms with Crippen molar-refractivity contribution in [3.05, 3.63) is 4.91 Å². The SMILES string of the molecule is CCC1CCC(C)CCC(C)CCC(C)CCC(C)CCC(C)CCC(C)CCC(C)CCC(C)CCCC[C@H](CN=O)C[C@H]1CC1CCCC1. The lowest BCUT2D eigenvalue weighted by atomic mass is 9.74. The van der Waals surface area contributed by atoms with Crippen LogP contribution in [0.25, 0.3) is 0 Å². The average Bonchev–Trinajstić information content (AvgIpc) is 3.63. The highest BCUT2D eigenvalue weighted by atomic mass is 16.3. The summed E-state index contributed by atoms with van der Waals surface area (Å²) in [4.78, 5) is 11.7. The van der Waals surface area contributed by atoms with Gasteiger partial charge in [-0.15, -0.1) is 0 Å². The Kier molecular flexibility index (Phi) is 25.7. The molecule has 0 bridgehead atoms. The van der Waals surface area contributed by atoms with E-state index in [-0.39, 0.29) is 0 Å². The Morgan fingerprint density at radius 1 is 0.373 bits per heavy atom. The van der Waals surface area contributed by atoms with Gasteiger partial charge in [-0.3, -0.25) is 0 Å². The quantitative estimate of drug-likeness (QED) is 0.261. The van der Waals surface area contributed by atoms with E-state index in [2.05, 4.69) is 67.5 Å². The zero-order valence-corrected chi connectivity index (χ0v) is 36.6. The Labute approximate surface area is 322 Å². The van der Waals surface area contributed by atoms with Gasteiger partial charge < -0.3 is 0 Å². The van der Waals surface area contributed by atoms with E-state index in [9.17, 15) is 4.91 Å². The lowest BCUT2D eigenvalue weighted by molar-refractivity contribution is 0.190. The molecule has 302 valence electrons. The molecule has 2 heteroatoms. The van der Waals surface area contributed by atoms with Gasteiger partial charge in [-0.2, -0.15) is 4.91 Å². The smallest absolute Gasteiger partial charge is 0.0839 e. The minimum Gasteiger partial charge on any atom is -0.151 e. The van der Waals surface area contributed by atoms with E-state index >= 15 is 0 Å². The van der Waals surface area contributed by atoms with Gasteiger partial charge in [0.1, 0.15) is 0 Å². The summed E-state index contributed by atoms with van der Waals surface area (Å²) in [5, 5.41) is 3.53. The minimum atomic E-state index is 0.501. The fourth-order valence-electron chi connectivity index (χ4n) is 10.3. The predicted octanol–water partition coefficient (Wildman–Crippen LogP) is 16.9. The van der Waals surface area contributed by atoms with Crippen molar-refractivity contribution in [2.24, 2.45) is 76.2 Å². The van der Waals surface area contributed by atoms with Gasteiger partial charge >= 0.3 is 0 Å². The van der Waals surface area contributed by atoms with Crippen molar-refractivity contribution in [2.75, 3.05) is 6.54 Å². The second-order valence-corrected chi connectivity index (χ2v) is 20.5. The second kappa shape index (κ2) is 28.1. The predicted molar refractivity (Wildman–Crippen MR) is 228 cm³/mol. The van der Waals surface area contributed by atoms with E-state index in [4.69, 9.17) is 0 Å². The highest BCUT2D eigenvalue weighted by molar-refractivity contribution is 4.80. The number of hydrogen-bond acceptors (Lipinski definition) is 2. The molecule has 0 N–H and O–H groups in total. The van der Waals surface area contributed by atoms with Gasteiger partial charge in [0.05, 0.1) is 6.54 Å². The van der Waals surface area contributed by atoms with E-state index in [0.717, 1.165) is 65.1 Å². The summed E-state index contributed by atoms with van der Waals surface area (Å²) >= 11 is 0. The third-order valence-electron chi connectivity index (χ3n) is 14.9. The van der Waals surface area contributed by atoms with E-state index in [1.807, 2.05) is 0 Å². The maximum Gasteiger partial charge on any atom is 0.0839 e. The molecule has 0 radical (unpaired) electrons. The van der Waals surface area contributed by atoms with Gasteiger partial charge in [-0.1, -0.05) is 215 Å². The summed E-state index contributed by atoms with van der Waals surface area (Å²) in [5.74, 6) is 9.99. The monoisotopic (exact) mass is 714 g/mol. The van der Waals surface area contributed by atoms with Crippen molar-refractivity contribution in [2.45, 2.75) is 236 Å².